The number of ether oxygens (including phenoxy) is 1. The largest absolute Gasteiger partial charge is 0.383 e. The normalized spacial score (nSPS) is 15.3. The highest BCUT2D eigenvalue weighted by molar-refractivity contribution is 5.60. The molecule has 0 aromatic heterocycles. The van der Waals surface area contributed by atoms with Crippen LogP contribution in [-0.4, -0.2) is 31.2 Å². The first kappa shape index (κ1) is 15.3. The van der Waals surface area contributed by atoms with Crippen molar-refractivity contribution in [2.45, 2.75) is 25.8 Å². The Morgan fingerprint density at radius 1 is 1.57 bits per heavy atom. The summed E-state index contributed by atoms with van der Waals surface area (Å²) in [5.74, 6) is 0.655. The molecule has 1 aliphatic carbocycles. The van der Waals surface area contributed by atoms with E-state index in [0.29, 0.717) is 25.1 Å². The Labute approximate surface area is 124 Å². The molecule has 21 heavy (non-hydrogen) atoms. The minimum absolute atomic E-state index is 0.0999. The molecule has 2 rings (SSSR count). The third-order valence-corrected chi connectivity index (χ3v) is 3.96. The molecule has 0 heterocycles. The van der Waals surface area contributed by atoms with Gasteiger partial charge in [0.1, 0.15) is 11.6 Å². The van der Waals surface area contributed by atoms with Crippen LogP contribution < -0.4 is 4.90 Å². The average Bonchev–Trinajstić information content (AvgIpc) is 3.31. The van der Waals surface area contributed by atoms with E-state index in [1.807, 2.05) is 6.07 Å². The minimum atomic E-state index is -0.522. The van der Waals surface area contributed by atoms with Crippen molar-refractivity contribution in [3.63, 3.8) is 0 Å². The van der Waals surface area contributed by atoms with Crippen LogP contribution in [-0.2, 0) is 4.74 Å². The molecule has 112 valence electrons. The van der Waals surface area contributed by atoms with E-state index in [9.17, 15) is 10.1 Å². The maximum atomic E-state index is 10.9. The third kappa shape index (κ3) is 3.50. The van der Waals surface area contributed by atoms with Crippen molar-refractivity contribution in [2.75, 3.05) is 25.2 Å². The number of nitrogens with zero attached hydrogens (tertiary/aromatic N) is 3. The fourth-order valence-electron chi connectivity index (χ4n) is 2.54. The first-order valence-corrected chi connectivity index (χ1v) is 7.02. The summed E-state index contributed by atoms with van der Waals surface area (Å²) in [7, 11) is 1.65. The number of rotatable bonds is 7. The molecule has 0 radical (unpaired) electrons. The molecule has 1 aromatic carbocycles. The summed E-state index contributed by atoms with van der Waals surface area (Å²) in [6, 6.07) is 6.98. The number of nitro groups is 1. The summed E-state index contributed by atoms with van der Waals surface area (Å²) in [4.78, 5) is 12.6. The van der Waals surface area contributed by atoms with Gasteiger partial charge in [0.15, 0.2) is 0 Å². The van der Waals surface area contributed by atoms with Crippen LogP contribution in [0, 0.1) is 27.4 Å². The van der Waals surface area contributed by atoms with Crippen LogP contribution in [0.3, 0.4) is 0 Å². The summed E-state index contributed by atoms with van der Waals surface area (Å²) in [6.45, 7) is 3.44. The first-order valence-electron chi connectivity index (χ1n) is 7.02. The Morgan fingerprint density at radius 3 is 2.81 bits per heavy atom. The highest BCUT2D eigenvalue weighted by atomic mass is 16.6. The van der Waals surface area contributed by atoms with E-state index in [1.165, 1.54) is 18.9 Å². The topological polar surface area (TPSA) is 79.4 Å². The minimum Gasteiger partial charge on any atom is -0.383 e. The third-order valence-electron chi connectivity index (χ3n) is 3.96. The standard InChI is InChI=1S/C15H19N3O3/c1-11(12-3-4-12)17(7-8-21-2)14-5-6-15(18(19)20)13(9-14)10-16/h5-6,9,11-12H,3-4,7-8H2,1-2H3. The van der Waals surface area contributed by atoms with Crippen molar-refractivity contribution in [3.05, 3.63) is 33.9 Å². The van der Waals surface area contributed by atoms with Crippen LogP contribution in [0.1, 0.15) is 25.3 Å². The van der Waals surface area contributed by atoms with E-state index in [-0.39, 0.29) is 11.3 Å². The van der Waals surface area contributed by atoms with Gasteiger partial charge >= 0.3 is 0 Å². The highest BCUT2D eigenvalue weighted by Crippen LogP contribution is 2.37. The zero-order chi connectivity index (χ0) is 15.4. The van der Waals surface area contributed by atoms with Crippen molar-refractivity contribution < 1.29 is 9.66 Å². The van der Waals surface area contributed by atoms with E-state index in [2.05, 4.69) is 11.8 Å². The lowest BCUT2D eigenvalue weighted by atomic mass is 10.1. The average molecular weight is 289 g/mol. The molecule has 0 bridgehead atoms. The molecule has 0 spiro atoms. The molecule has 1 aliphatic rings. The summed E-state index contributed by atoms with van der Waals surface area (Å²) < 4.78 is 5.15. The van der Waals surface area contributed by atoms with Crippen molar-refractivity contribution in [2.24, 2.45) is 5.92 Å². The number of hydrogen-bond acceptors (Lipinski definition) is 5. The second kappa shape index (κ2) is 6.55. The first-order chi connectivity index (χ1) is 10.1. The van der Waals surface area contributed by atoms with Crippen LogP contribution in [0.25, 0.3) is 0 Å². The van der Waals surface area contributed by atoms with E-state index in [4.69, 9.17) is 10.00 Å². The highest BCUT2D eigenvalue weighted by Gasteiger charge is 2.32. The molecule has 6 heteroatoms. The number of anilines is 1. The second-order valence-corrected chi connectivity index (χ2v) is 5.33. The second-order valence-electron chi connectivity index (χ2n) is 5.33. The number of nitro benzene ring substituents is 1. The van der Waals surface area contributed by atoms with Crippen LogP contribution in [0.5, 0.6) is 0 Å². The van der Waals surface area contributed by atoms with Crippen LogP contribution >= 0.6 is 0 Å². The van der Waals surface area contributed by atoms with Crippen LogP contribution in [0.15, 0.2) is 18.2 Å². The molecule has 0 aliphatic heterocycles. The SMILES string of the molecule is COCCN(c1ccc([N+](=O)[O-])c(C#N)c1)C(C)C1CC1. The lowest BCUT2D eigenvalue weighted by molar-refractivity contribution is -0.385. The molecule has 1 atom stereocenters. The quantitative estimate of drug-likeness (QED) is 0.569. The smallest absolute Gasteiger partial charge is 0.287 e. The molecule has 6 nitrogen and oxygen atoms in total. The predicted octanol–water partition coefficient (Wildman–Crippen LogP) is 2.72. The monoisotopic (exact) mass is 289 g/mol. The van der Waals surface area contributed by atoms with Gasteiger partial charge in [-0.3, -0.25) is 10.1 Å². The predicted molar refractivity (Wildman–Crippen MR) is 79.2 cm³/mol. The van der Waals surface area contributed by atoms with Gasteiger partial charge in [-0.2, -0.15) is 5.26 Å². The summed E-state index contributed by atoms with van der Waals surface area (Å²) >= 11 is 0. The fourth-order valence-corrected chi connectivity index (χ4v) is 2.54. The molecular weight excluding hydrogens is 270 g/mol. The zero-order valence-corrected chi connectivity index (χ0v) is 12.3. The van der Waals surface area contributed by atoms with Crippen molar-refractivity contribution in [3.8, 4) is 6.07 Å². The van der Waals surface area contributed by atoms with Gasteiger partial charge in [-0.1, -0.05) is 0 Å². The van der Waals surface area contributed by atoms with Gasteiger partial charge in [0.2, 0.25) is 0 Å². The number of hydrogen-bond donors (Lipinski definition) is 0. The van der Waals surface area contributed by atoms with Gasteiger partial charge < -0.3 is 9.64 Å². The number of methoxy groups -OCH3 is 1. The van der Waals surface area contributed by atoms with Crippen LogP contribution in [0.2, 0.25) is 0 Å². The molecule has 0 amide bonds. The molecule has 1 unspecified atom stereocenters. The zero-order valence-electron chi connectivity index (χ0n) is 12.3. The van der Waals surface area contributed by atoms with Crippen molar-refractivity contribution in [1.29, 1.82) is 5.26 Å². The maximum Gasteiger partial charge on any atom is 0.287 e. The van der Waals surface area contributed by atoms with Gasteiger partial charge in [0.05, 0.1) is 11.5 Å². The van der Waals surface area contributed by atoms with Gasteiger partial charge in [-0.25, -0.2) is 0 Å². The number of nitriles is 1. The Balaban J connectivity index is 2.30. The summed E-state index contributed by atoms with van der Waals surface area (Å²) in [5, 5.41) is 20.0. The Bertz CT molecular complexity index is 564. The molecule has 1 aromatic rings. The van der Waals surface area contributed by atoms with E-state index < -0.39 is 4.92 Å². The van der Waals surface area contributed by atoms with Gasteiger partial charge in [-0.15, -0.1) is 0 Å². The Morgan fingerprint density at radius 2 is 2.29 bits per heavy atom. The fraction of sp³-hybridized carbons (Fsp3) is 0.533. The molecule has 0 saturated heterocycles. The van der Waals surface area contributed by atoms with E-state index in [0.717, 1.165) is 5.69 Å². The van der Waals surface area contributed by atoms with Gasteiger partial charge in [0.25, 0.3) is 5.69 Å². The van der Waals surface area contributed by atoms with Crippen molar-refractivity contribution in [1.82, 2.24) is 0 Å². The van der Waals surface area contributed by atoms with Gasteiger partial charge in [-0.05, 0) is 37.8 Å². The van der Waals surface area contributed by atoms with E-state index >= 15 is 0 Å². The maximum absolute atomic E-state index is 10.9. The molecule has 1 saturated carbocycles. The van der Waals surface area contributed by atoms with E-state index in [1.54, 1.807) is 19.2 Å². The summed E-state index contributed by atoms with van der Waals surface area (Å²) in [5.41, 5.74) is 0.795. The van der Waals surface area contributed by atoms with Crippen LogP contribution in [0.4, 0.5) is 11.4 Å². The lowest BCUT2D eigenvalue weighted by Crippen LogP contribution is -2.37. The summed E-state index contributed by atoms with van der Waals surface area (Å²) in [6.07, 6.45) is 2.42. The number of benzene rings is 1. The lowest BCUT2D eigenvalue weighted by Gasteiger charge is -2.31. The molecule has 0 N–H and O–H groups in total. The molecular formula is C15H19N3O3. The van der Waals surface area contributed by atoms with Gasteiger partial charge in [0, 0.05) is 31.5 Å². The Hall–Kier alpha value is -2.13. The Kier molecular flexibility index (Phi) is 4.76. The van der Waals surface area contributed by atoms with Crippen molar-refractivity contribution >= 4 is 11.4 Å². The molecule has 1 fully saturated rings.